The van der Waals surface area contributed by atoms with E-state index in [1.54, 1.807) is 24.3 Å². The molecule has 0 fully saturated rings. The fourth-order valence-corrected chi connectivity index (χ4v) is 3.79. The minimum absolute atomic E-state index is 0.106. The van der Waals surface area contributed by atoms with Crippen molar-refractivity contribution in [3.05, 3.63) is 82.4 Å². The Kier molecular flexibility index (Phi) is 5.66. The molecule has 4 nitrogen and oxygen atoms in total. The third-order valence-electron chi connectivity index (χ3n) is 5.23. The second-order valence-corrected chi connectivity index (χ2v) is 7.43. The third kappa shape index (κ3) is 3.91. The molecule has 0 unspecified atom stereocenters. The Bertz CT molecular complexity index is 861. The summed E-state index contributed by atoms with van der Waals surface area (Å²) in [5.41, 5.74) is 1.08. The van der Waals surface area contributed by atoms with Crippen molar-refractivity contribution in [2.75, 3.05) is 0 Å². The molecule has 3 rings (SSSR count). The second kappa shape index (κ2) is 7.97. The van der Waals surface area contributed by atoms with Crippen molar-refractivity contribution in [3.8, 4) is 0 Å². The molecule has 1 aliphatic rings. The molecular formula is C22H21ClNO3-. The largest absolute Gasteiger partial charge is 0.549 e. The van der Waals surface area contributed by atoms with Crippen LogP contribution in [0.15, 0.2) is 66.2 Å². The van der Waals surface area contributed by atoms with Crippen molar-refractivity contribution in [1.82, 2.24) is 5.32 Å². The van der Waals surface area contributed by atoms with Crippen LogP contribution in [0.5, 0.6) is 0 Å². The average Bonchev–Trinajstić information content (AvgIpc) is 2.67. The van der Waals surface area contributed by atoms with Gasteiger partial charge in [-0.05, 0) is 43.0 Å². The number of amides is 1. The molecule has 2 aromatic carbocycles. The molecule has 1 N–H and O–H groups in total. The fraction of sp³-hybridized carbons (Fsp3) is 0.273. The summed E-state index contributed by atoms with van der Waals surface area (Å²) in [6.45, 7) is 2.22. The molecule has 1 amide bonds. The van der Waals surface area contributed by atoms with Gasteiger partial charge >= 0.3 is 0 Å². The predicted molar refractivity (Wildman–Crippen MR) is 103 cm³/mol. The van der Waals surface area contributed by atoms with Gasteiger partial charge in [-0.1, -0.05) is 65.7 Å². The van der Waals surface area contributed by atoms with Crippen molar-refractivity contribution in [1.29, 1.82) is 0 Å². The summed E-state index contributed by atoms with van der Waals surface area (Å²) in [5, 5.41) is 15.6. The maximum atomic E-state index is 13.1. The lowest BCUT2D eigenvalue weighted by Crippen LogP contribution is -2.56. The average molecular weight is 383 g/mol. The van der Waals surface area contributed by atoms with Gasteiger partial charge in [-0.2, -0.15) is 0 Å². The Balaban J connectivity index is 1.94. The number of nitrogens with one attached hydrogen (secondary N) is 1. The Labute approximate surface area is 163 Å². The van der Waals surface area contributed by atoms with E-state index in [-0.39, 0.29) is 13.0 Å². The van der Waals surface area contributed by atoms with Gasteiger partial charge < -0.3 is 15.2 Å². The number of carbonyl (C=O) groups is 2. The molecule has 0 bridgehead atoms. The first-order valence-corrected chi connectivity index (χ1v) is 9.26. The van der Waals surface area contributed by atoms with Gasteiger partial charge in [-0.25, -0.2) is 0 Å². The first-order valence-electron chi connectivity index (χ1n) is 8.88. The van der Waals surface area contributed by atoms with Crippen LogP contribution in [0.2, 0.25) is 5.02 Å². The zero-order chi connectivity index (χ0) is 19.4. The quantitative estimate of drug-likeness (QED) is 0.637. The molecule has 0 saturated carbocycles. The predicted octanol–water partition coefficient (Wildman–Crippen LogP) is 3.22. The van der Waals surface area contributed by atoms with Crippen LogP contribution in [-0.4, -0.2) is 11.9 Å². The highest BCUT2D eigenvalue weighted by atomic mass is 35.5. The molecule has 0 heterocycles. The van der Waals surface area contributed by atoms with Gasteiger partial charge in [0, 0.05) is 17.5 Å². The lowest BCUT2D eigenvalue weighted by atomic mass is 9.63. The first-order chi connectivity index (χ1) is 12.9. The van der Waals surface area contributed by atoms with E-state index >= 15 is 0 Å². The second-order valence-electron chi connectivity index (χ2n) is 6.99. The van der Waals surface area contributed by atoms with E-state index in [1.807, 2.05) is 43.3 Å². The summed E-state index contributed by atoms with van der Waals surface area (Å²) in [4.78, 5) is 25.4. The molecule has 0 saturated heterocycles. The minimum atomic E-state index is -1.65. The van der Waals surface area contributed by atoms with Crippen LogP contribution < -0.4 is 10.4 Å². The molecule has 0 spiro atoms. The SMILES string of the molecule is CC1=CC[C@@](C(=O)[O-])(C(=O)NCc2ccccc2)[C@@H](c2ccc(Cl)cc2)C1. The number of carboxylic acids is 1. The van der Waals surface area contributed by atoms with E-state index in [2.05, 4.69) is 5.32 Å². The van der Waals surface area contributed by atoms with E-state index in [4.69, 9.17) is 11.6 Å². The molecule has 140 valence electrons. The number of carboxylic acid groups (broad SMARTS) is 1. The van der Waals surface area contributed by atoms with E-state index in [0.29, 0.717) is 11.4 Å². The van der Waals surface area contributed by atoms with Crippen LogP contribution in [0.1, 0.15) is 36.8 Å². The van der Waals surface area contributed by atoms with Gasteiger partial charge in [0.15, 0.2) is 0 Å². The van der Waals surface area contributed by atoms with Crippen LogP contribution in [0.25, 0.3) is 0 Å². The summed E-state index contributed by atoms with van der Waals surface area (Å²) in [7, 11) is 0. The zero-order valence-corrected chi connectivity index (χ0v) is 15.8. The number of aliphatic carboxylic acids is 1. The van der Waals surface area contributed by atoms with Crippen molar-refractivity contribution < 1.29 is 14.7 Å². The Morgan fingerprint density at radius 2 is 1.81 bits per heavy atom. The van der Waals surface area contributed by atoms with E-state index in [1.165, 1.54) is 0 Å². The summed E-state index contributed by atoms with van der Waals surface area (Å²) in [6, 6.07) is 16.4. The van der Waals surface area contributed by atoms with Crippen LogP contribution in [0.4, 0.5) is 0 Å². The van der Waals surface area contributed by atoms with Crippen LogP contribution >= 0.6 is 11.6 Å². The van der Waals surface area contributed by atoms with Crippen molar-refractivity contribution in [3.63, 3.8) is 0 Å². The van der Waals surface area contributed by atoms with Gasteiger partial charge in [-0.3, -0.25) is 4.79 Å². The monoisotopic (exact) mass is 382 g/mol. The number of hydrogen-bond acceptors (Lipinski definition) is 3. The fourth-order valence-electron chi connectivity index (χ4n) is 3.66. The van der Waals surface area contributed by atoms with Gasteiger partial charge in [0.1, 0.15) is 0 Å². The van der Waals surface area contributed by atoms with Crippen molar-refractivity contribution in [2.24, 2.45) is 5.41 Å². The smallest absolute Gasteiger partial charge is 0.233 e. The van der Waals surface area contributed by atoms with Crippen LogP contribution in [0, 0.1) is 5.41 Å². The molecule has 1 aliphatic carbocycles. The Morgan fingerprint density at radius 1 is 1.15 bits per heavy atom. The topological polar surface area (TPSA) is 69.2 Å². The molecule has 0 aliphatic heterocycles. The van der Waals surface area contributed by atoms with Crippen LogP contribution in [-0.2, 0) is 16.1 Å². The normalized spacial score (nSPS) is 22.0. The minimum Gasteiger partial charge on any atom is -0.549 e. The molecule has 2 atom stereocenters. The van der Waals surface area contributed by atoms with Gasteiger partial charge in [-0.15, -0.1) is 0 Å². The van der Waals surface area contributed by atoms with Gasteiger partial charge in [0.25, 0.3) is 0 Å². The molecule has 5 heteroatoms. The van der Waals surface area contributed by atoms with Gasteiger partial charge in [0.05, 0.1) is 11.4 Å². The zero-order valence-electron chi connectivity index (χ0n) is 15.1. The Hall–Kier alpha value is -2.59. The summed E-state index contributed by atoms with van der Waals surface area (Å²) in [6.07, 6.45) is 2.41. The van der Waals surface area contributed by atoms with E-state index in [9.17, 15) is 14.7 Å². The summed E-state index contributed by atoms with van der Waals surface area (Å²) < 4.78 is 0. The third-order valence-corrected chi connectivity index (χ3v) is 5.48. The van der Waals surface area contributed by atoms with E-state index < -0.39 is 23.2 Å². The molecule has 27 heavy (non-hydrogen) atoms. The number of carbonyl (C=O) groups excluding carboxylic acids is 2. The van der Waals surface area contributed by atoms with Crippen molar-refractivity contribution in [2.45, 2.75) is 32.2 Å². The number of hydrogen-bond donors (Lipinski definition) is 1. The highest BCUT2D eigenvalue weighted by Crippen LogP contribution is 2.47. The number of halogens is 1. The highest BCUT2D eigenvalue weighted by molar-refractivity contribution is 6.30. The number of allylic oxidation sites excluding steroid dienone is 2. The van der Waals surface area contributed by atoms with E-state index in [0.717, 1.165) is 16.7 Å². The summed E-state index contributed by atoms with van der Waals surface area (Å²) >= 11 is 5.97. The molecule has 2 aromatic rings. The lowest BCUT2D eigenvalue weighted by molar-refractivity contribution is -0.318. The Morgan fingerprint density at radius 3 is 2.44 bits per heavy atom. The first kappa shape index (κ1) is 19.2. The van der Waals surface area contributed by atoms with Gasteiger partial charge in [0.2, 0.25) is 5.91 Å². The maximum absolute atomic E-state index is 13.1. The maximum Gasteiger partial charge on any atom is 0.233 e. The lowest BCUT2D eigenvalue weighted by Gasteiger charge is -2.43. The standard InChI is InChI=1S/C22H22ClNO3/c1-15-11-12-22(21(26)27,19(13-15)17-7-9-18(23)10-8-17)20(25)24-14-16-5-3-2-4-6-16/h2-11,19H,12-14H2,1H3,(H,24,25)(H,26,27)/p-1/t19-,22+/m1/s1. The van der Waals surface area contributed by atoms with Crippen molar-refractivity contribution >= 4 is 23.5 Å². The number of benzene rings is 2. The highest BCUT2D eigenvalue weighted by Gasteiger charge is 2.48. The van der Waals surface area contributed by atoms with Crippen LogP contribution in [0.3, 0.4) is 0 Å². The molecular weight excluding hydrogens is 362 g/mol. The summed E-state index contributed by atoms with van der Waals surface area (Å²) in [5.74, 6) is -2.38. The molecule has 0 radical (unpaired) electrons. The molecule has 0 aromatic heterocycles. The number of rotatable bonds is 5.